The van der Waals surface area contributed by atoms with Crippen molar-refractivity contribution in [3.8, 4) is 5.75 Å². The number of carbonyl (C=O) groups is 1. The van der Waals surface area contributed by atoms with Gasteiger partial charge in [-0.15, -0.1) is 0 Å². The molecule has 29 heavy (non-hydrogen) atoms. The predicted molar refractivity (Wildman–Crippen MR) is 117 cm³/mol. The van der Waals surface area contributed by atoms with Crippen LogP contribution in [0, 0.1) is 4.77 Å². The lowest BCUT2D eigenvalue weighted by Crippen LogP contribution is -2.22. The second-order valence-corrected chi connectivity index (χ2v) is 9.45. The summed E-state index contributed by atoms with van der Waals surface area (Å²) in [5.41, 5.74) is 4.46. The van der Waals surface area contributed by atoms with Crippen LogP contribution in [0.1, 0.15) is 63.9 Å². The Kier molecular flexibility index (Phi) is 6.47. The van der Waals surface area contributed by atoms with Gasteiger partial charge in [0.05, 0.1) is 12.6 Å². The number of phenols is 1. The molecular formula is C21H28N4O3S. The van der Waals surface area contributed by atoms with Crippen LogP contribution >= 0.6 is 12.2 Å². The lowest BCUT2D eigenvalue weighted by molar-refractivity contribution is -0.120. The number of nitrogens with zero attached hydrogens (tertiary/aromatic N) is 1. The molecule has 4 N–H and O–H groups in total. The van der Waals surface area contributed by atoms with E-state index >= 15 is 0 Å². The minimum Gasteiger partial charge on any atom is -0.507 e. The van der Waals surface area contributed by atoms with Gasteiger partial charge >= 0.3 is 0 Å². The number of benzene rings is 1. The van der Waals surface area contributed by atoms with Crippen LogP contribution in [0.2, 0.25) is 0 Å². The van der Waals surface area contributed by atoms with Crippen molar-refractivity contribution >= 4 is 24.3 Å². The number of hydrogen-bond acceptors (Lipinski definition) is 5. The lowest BCUT2D eigenvalue weighted by atomic mass is 9.79. The molecule has 0 unspecified atom stereocenters. The second-order valence-electron chi connectivity index (χ2n) is 9.04. The van der Waals surface area contributed by atoms with Gasteiger partial charge in [-0.3, -0.25) is 14.6 Å². The van der Waals surface area contributed by atoms with E-state index in [9.17, 15) is 14.7 Å². The van der Waals surface area contributed by atoms with Crippen molar-refractivity contribution in [2.45, 2.75) is 58.8 Å². The molecule has 7 nitrogen and oxygen atoms in total. The first-order valence-electron chi connectivity index (χ1n) is 9.30. The predicted octanol–water partition coefficient (Wildman–Crippen LogP) is 3.43. The number of hydrogen-bond donors (Lipinski definition) is 4. The minimum atomic E-state index is -0.417. The maximum atomic E-state index is 12.1. The number of aromatic hydroxyl groups is 1. The standard InChI is InChI=1S/C21H28N4O3S/c1-20(2,3)13-7-12(18(28)15(8-13)21(4,5)6)11-22-25-17(27)10-14-9-16(26)24-19(29)23-14/h7-9,11,28H,10H2,1-6H3,(H,25,27)(H2,23,24,26,29)/b22-11+. The molecule has 0 saturated heterocycles. The maximum Gasteiger partial charge on any atom is 0.251 e. The zero-order chi connectivity index (χ0) is 22.0. The summed E-state index contributed by atoms with van der Waals surface area (Å²) in [6, 6.07) is 5.15. The monoisotopic (exact) mass is 416 g/mol. The SMILES string of the molecule is CC(C)(C)c1cc(/C=N/NC(=O)Cc2cc(=O)[nH]c(=S)[nH]2)c(O)c(C(C)(C)C)c1. The summed E-state index contributed by atoms with van der Waals surface area (Å²) in [4.78, 5) is 28.7. The molecular weight excluding hydrogens is 388 g/mol. The normalized spacial score (nSPS) is 12.3. The third-order valence-electron chi connectivity index (χ3n) is 4.37. The number of H-pyrrole nitrogens is 2. The van der Waals surface area contributed by atoms with E-state index in [1.165, 1.54) is 12.3 Å². The quantitative estimate of drug-likeness (QED) is 0.348. The van der Waals surface area contributed by atoms with Crippen molar-refractivity contribution in [2.24, 2.45) is 5.10 Å². The Morgan fingerprint density at radius 3 is 2.34 bits per heavy atom. The second kappa shape index (κ2) is 8.32. The summed E-state index contributed by atoms with van der Waals surface area (Å²) in [5.74, 6) is -0.276. The van der Waals surface area contributed by atoms with Crippen LogP contribution in [-0.4, -0.2) is 27.2 Å². The molecule has 1 heterocycles. The highest BCUT2D eigenvalue weighted by molar-refractivity contribution is 7.71. The molecule has 156 valence electrons. The van der Waals surface area contributed by atoms with Gasteiger partial charge in [0.25, 0.3) is 5.56 Å². The van der Waals surface area contributed by atoms with Crippen molar-refractivity contribution in [1.29, 1.82) is 0 Å². The van der Waals surface area contributed by atoms with Crippen LogP contribution in [0.15, 0.2) is 28.1 Å². The highest BCUT2D eigenvalue weighted by Gasteiger charge is 2.24. The van der Waals surface area contributed by atoms with Crippen molar-refractivity contribution in [3.63, 3.8) is 0 Å². The van der Waals surface area contributed by atoms with Crippen LogP contribution < -0.4 is 11.0 Å². The Morgan fingerprint density at radius 2 is 1.79 bits per heavy atom. The lowest BCUT2D eigenvalue weighted by Gasteiger charge is -2.26. The maximum absolute atomic E-state index is 12.1. The minimum absolute atomic E-state index is 0.0772. The molecule has 0 saturated carbocycles. The average Bonchev–Trinajstić information content (AvgIpc) is 2.53. The molecule has 2 rings (SSSR count). The highest BCUT2D eigenvalue weighted by Crippen LogP contribution is 2.37. The van der Waals surface area contributed by atoms with Crippen molar-refractivity contribution in [1.82, 2.24) is 15.4 Å². The van der Waals surface area contributed by atoms with Crippen LogP contribution in [0.5, 0.6) is 5.75 Å². The first kappa shape index (κ1) is 22.5. The number of phenolic OH excluding ortho intramolecular Hbond substituents is 1. The summed E-state index contributed by atoms with van der Waals surface area (Å²) in [5, 5.41) is 14.7. The van der Waals surface area contributed by atoms with Gasteiger partial charge in [-0.05, 0) is 34.7 Å². The van der Waals surface area contributed by atoms with E-state index in [2.05, 4.69) is 41.3 Å². The van der Waals surface area contributed by atoms with E-state index in [-0.39, 0.29) is 33.3 Å². The fraction of sp³-hybridized carbons (Fsp3) is 0.429. The number of hydrazone groups is 1. The molecule has 1 amide bonds. The first-order chi connectivity index (χ1) is 13.3. The van der Waals surface area contributed by atoms with Gasteiger partial charge in [0.15, 0.2) is 4.77 Å². The van der Waals surface area contributed by atoms with Gasteiger partial charge in [-0.25, -0.2) is 5.43 Å². The Morgan fingerprint density at radius 1 is 1.14 bits per heavy atom. The van der Waals surface area contributed by atoms with E-state index in [1.54, 1.807) is 0 Å². The number of nitrogens with one attached hydrogen (secondary N) is 3. The van der Waals surface area contributed by atoms with Crippen molar-refractivity contribution in [2.75, 3.05) is 0 Å². The molecule has 0 atom stereocenters. The Labute approximate surface area is 175 Å². The Balaban J connectivity index is 2.26. The smallest absolute Gasteiger partial charge is 0.251 e. The average molecular weight is 417 g/mol. The number of aromatic amines is 2. The molecule has 1 aromatic heterocycles. The van der Waals surface area contributed by atoms with E-state index < -0.39 is 5.91 Å². The fourth-order valence-electron chi connectivity index (χ4n) is 2.76. The highest BCUT2D eigenvalue weighted by atomic mass is 32.1. The summed E-state index contributed by atoms with van der Waals surface area (Å²) in [7, 11) is 0. The molecule has 0 radical (unpaired) electrons. The number of carbonyl (C=O) groups excluding carboxylic acids is 1. The van der Waals surface area contributed by atoms with Crippen LogP contribution in [0.25, 0.3) is 0 Å². The third-order valence-corrected chi connectivity index (χ3v) is 4.58. The molecule has 8 heteroatoms. The van der Waals surface area contributed by atoms with Gasteiger partial charge in [0.1, 0.15) is 5.75 Å². The molecule has 0 spiro atoms. The number of aromatic nitrogens is 2. The molecule has 0 fully saturated rings. The first-order valence-corrected chi connectivity index (χ1v) is 9.70. The zero-order valence-corrected chi connectivity index (χ0v) is 18.5. The van der Waals surface area contributed by atoms with Gasteiger partial charge in [-0.1, -0.05) is 47.6 Å². The Bertz CT molecular complexity index is 1030. The topological polar surface area (TPSA) is 110 Å². The molecule has 1 aromatic carbocycles. The van der Waals surface area contributed by atoms with Crippen LogP contribution in [-0.2, 0) is 22.0 Å². The van der Waals surface area contributed by atoms with Crippen LogP contribution in [0.4, 0.5) is 0 Å². The summed E-state index contributed by atoms with van der Waals surface area (Å²) in [6.45, 7) is 12.4. The molecule has 0 bridgehead atoms. The zero-order valence-electron chi connectivity index (χ0n) is 17.6. The molecule has 0 aliphatic heterocycles. The summed E-state index contributed by atoms with van der Waals surface area (Å²) in [6.07, 6.45) is 1.35. The molecule has 0 aliphatic rings. The molecule has 2 aromatic rings. The summed E-state index contributed by atoms with van der Waals surface area (Å²) >= 11 is 4.89. The van der Waals surface area contributed by atoms with Gasteiger partial charge in [0.2, 0.25) is 5.91 Å². The van der Waals surface area contributed by atoms with Crippen molar-refractivity contribution in [3.05, 3.63) is 55.7 Å². The van der Waals surface area contributed by atoms with Gasteiger partial charge in [-0.2, -0.15) is 5.10 Å². The largest absolute Gasteiger partial charge is 0.507 e. The van der Waals surface area contributed by atoms with Gasteiger partial charge < -0.3 is 10.1 Å². The number of rotatable bonds is 4. The number of amides is 1. The van der Waals surface area contributed by atoms with E-state index in [0.29, 0.717) is 11.3 Å². The fourth-order valence-corrected chi connectivity index (χ4v) is 2.99. The van der Waals surface area contributed by atoms with E-state index in [1.807, 2.05) is 32.9 Å². The van der Waals surface area contributed by atoms with E-state index in [0.717, 1.165) is 11.1 Å². The third kappa shape index (κ3) is 6.12. The van der Waals surface area contributed by atoms with Gasteiger partial charge in [0, 0.05) is 22.9 Å². The van der Waals surface area contributed by atoms with Crippen molar-refractivity contribution < 1.29 is 9.90 Å². The summed E-state index contributed by atoms with van der Waals surface area (Å²) < 4.78 is 0.155. The van der Waals surface area contributed by atoms with Crippen LogP contribution in [0.3, 0.4) is 0 Å². The molecule has 0 aliphatic carbocycles. The van der Waals surface area contributed by atoms with E-state index in [4.69, 9.17) is 12.2 Å². The Hall–Kier alpha value is -2.74.